The molecule has 1 rings (SSSR count). The highest BCUT2D eigenvalue weighted by molar-refractivity contribution is 5.80. The third-order valence-electron chi connectivity index (χ3n) is 3.36. The van der Waals surface area contributed by atoms with E-state index in [-0.39, 0.29) is 24.4 Å². The summed E-state index contributed by atoms with van der Waals surface area (Å²) in [4.78, 5) is 26.1. The van der Waals surface area contributed by atoms with Gasteiger partial charge in [0.1, 0.15) is 6.54 Å². The van der Waals surface area contributed by atoms with Crippen LogP contribution in [0.5, 0.6) is 0 Å². The van der Waals surface area contributed by atoms with Crippen LogP contribution in [0.15, 0.2) is 0 Å². The van der Waals surface area contributed by atoms with Crippen molar-refractivity contribution in [3.8, 4) is 0 Å². The second-order valence-corrected chi connectivity index (χ2v) is 5.69. The van der Waals surface area contributed by atoms with E-state index in [2.05, 4.69) is 0 Å². The SMILES string of the molecule is CC(C)CN(CC(=O)O)C(=O)N1CCC(C(C)O)C1. The average molecular weight is 272 g/mol. The molecular weight excluding hydrogens is 248 g/mol. The molecule has 19 heavy (non-hydrogen) atoms. The van der Waals surface area contributed by atoms with Gasteiger partial charge in [0.05, 0.1) is 6.10 Å². The van der Waals surface area contributed by atoms with Crippen LogP contribution in [-0.2, 0) is 4.79 Å². The molecule has 6 nitrogen and oxygen atoms in total. The second-order valence-electron chi connectivity index (χ2n) is 5.69. The lowest BCUT2D eigenvalue weighted by molar-refractivity contribution is -0.137. The highest BCUT2D eigenvalue weighted by Crippen LogP contribution is 2.21. The van der Waals surface area contributed by atoms with E-state index in [1.54, 1.807) is 11.8 Å². The Labute approximate surface area is 114 Å². The average Bonchev–Trinajstić information content (AvgIpc) is 2.75. The van der Waals surface area contributed by atoms with Gasteiger partial charge in [-0.15, -0.1) is 0 Å². The largest absolute Gasteiger partial charge is 0.480 e. The van der Waals surface area contributed by atoms with Crippen LogP contribution >= 0.6 is 0 Å². The van der Waals surface area contributed by atoms with Crippen LogP contribution in [0.25, 0.3) is 0 Å². The number of aliphatic carboxylic acids is 1. The summed E-state index contributed by atoms with van der Waals surface area (Å²) in [7, 11) is 0. The van der Waals surface area contributed by atoms with Crippen molar-refractivity contribution in [3.63, 3.8) is 0 Å². The van der Waals surface area contributed by atoms with Gasteiger partial charge in [-0.25, -0.2) is 4.79 Å². The lowest BCUT2D eigenvalue weighted by Crippen LogP contribution is -2.46. The van der Waals surface area contributed by atoms with Gasteiger partial charge in [0, 0.05) is 25.6 Å². The van der Waals surface area contributed by atoms with E-state index >= 15 is 0 Å². The van der Waals surface area contributed by atoms with Crippen LogP contribution in [-0.4, -0.2) is 64.3 Å². The van der Waals surface area contributed by atoms with Gasteiger partial charge < -0.3 is 20.0 Å². The normalized spacial score (nSPS) is 20.7. The minimum atomic E-state index is -1.000. The van der Waals surface area contributed by atoms with E-state index in [0.717, 1.165) is 6.42 Å². The summed E-state index contributed by atoms with van der Waals surface area (Å²) >= 11 is 0. The Morgan fingerprint density at radius 3 is 2.42 bits per heavy atom. The van der Waals surface area contributed by atoms with E-state index in [0.29, 0.717) is 19.6 Å². The Kier molecular flexibility index (Phi) is 5.60. The van der Waals surface area contributed by atoms with Crippen molar-refractivity contribution < 1.29 is 19.8 Å². The molecule has 2 unspecified atom stereocenters. The smallest absolute Gasteiger partial charge is 0.323 e. The van der Waals surface area contributed by atoms with Gasteiger partial charge >= 0.3 is 12.0 Å². The summed E-state index contributed by atoms with van der Waals surface area (Å²) < 4.78 is 0. The fourth-order valence-electron chi connectivity index (χ4n) is 2.37. The number of carboxylic acids is 1. The number of likely N-dealkylation sites (tertiary alicyclic amines) is 1. The number of nitrogens with zero attached hydrogens (tertiary/aromatic N) is 2. The molecule has 2 amide bonds. The Morgan fingerprint density at radius 1 is 1.37 bits per heavy atom. The van der Waals surface area contributed by atoms with Gasteiger partial charge in [-0.05, 0) is 19.3 Å². The molecule has 0 aromatic rings. The zero-order chi connectivity index (χ0) is 14.6. The first-order valence-electron chi connectivity index (χ1n) is 6.75. The molecule has 0 saturated carbocycles. The molecule has 0 aliphatic carbocycles. The van der Waals surface area contributed by atoms with Crippen LogP contribution in [0.2, 0.25) is 0 Å². The third kappa shape index (κ3) is 4.70. The number of carboxylic acid groups (broad SMARTS) is 1. The third-order valence-corrected chi connectivity index (χ3v) is 3.36. The minimum Gasteiger partial charge on any atom is -0.480 e. The molecule has 2 N–H and O–H groups in total. The van der Waals surface area contributed by atoms with Gasteiger partial charge in [-0.3, -0.25) is 4.79 Å². The number of carbonyl (C=O) groups is 2. The number of hydrogen-bond acceptors (Lipinski definition) is 3. The predicted molar refractivity (Wildman–Crippen MR) is 70.8 cm³/mol. The Balaban J connectivity index is 2.63. The van der Waals surface area contributed by atoms with Crippen molar-refractivity contribution in [2.75, 3.05) is 26.2 Å². The summed E-state index contributed by atoms with van der Waals surface area (Å²) in [6, 6.07) is -0.237. The lowest BCUT2D eigenvalue weighted by Gasteiger charge is -2.28. The number of carbonyl (C=O) groups excluding carboxylic acids is 1. The molecule has 2 atom stereocenters. The molecule has 0 bridgehead atoms. The first-order chi connectivity index (χ1) is 8.81. The van der Waals surface area contributed by atoms with Crippen LogP contribution in [0.3, 0.4) is 0 Å². The van der Waals surface area contributed by atoms with E-state index in [1.165, 1.54) is 4.90 Å². The molecule has 0 radical (unpaired) electrons. The number of aliphatic hydroxyl groups is 1. The van der Waals surface area contributed by atoms with E-state index in [4.69, 9.17) is 5.11 Å². The number of amides is 2. The molecular formula is C13H24N2O4. The number of urea groups is 1. The highest BCUT2D eigenvalue weighted by Gasteiger charge is 2.32. The minimum absolute atomic E-state index is 0.0923. The van der Waals surface area contributed by atoms with Crippen LogP contribution in [0.4, 0.5) is 4.79 Å². The lowest BCUT2D eigenvalue weighted by atomic mass is 10.0. The van der Waals surface area contributed by atoms with Crippen molar-refractivity contribution in [3.05, 3.63) is 0 Å². The summed E-state index contributed by atoms with van der Waals surface area (Å²) in [6.45, 7) is 6.87. The molecule has 0 aromatic heterocycles. The van der Waals surface area contributed by atoms with Gasteiger partial charge in [-0.1, -0.05) is 13.8 Å². The molecule has 0 spiro atoms. The Bertz CT molecular complexity index is 331. The molecule has 1 aliphatic heterocycles. The van der Waals surface area contributed by atoms with Gasteiger partial charge in [0.15, 0.2) is 0 Å². The van der Waals surface area contributed by atoms with Crippen molar-refractivity contribution in [2.24, 2.45) is 11.8 Å². The van der Waals surface area contributed by atoms with Gasteiger partial charge in [-0.2, -0.15) is 0 Å². The summed E-state index contributed by atoms with van der Waals surface area (Å²) in [6.07, 6.45) is 0.335. The molecule has 1 heterocycles. The van der Waals surface area contributed by atoms with Gasteiger partial charge in [0.2, 0.25) is 0 Å². The van der Waals surface area contributed by atoms with E-state index < -0.39 is 12.1 Å². The van der Waals surface area contributed by atoms with Crippen molar-refractivity contribution in [2.45, 2.75) is 33.3 Å². The molecule has 1 aliphatic rings. The van der Waals surface area contributed by atoms with Crippen molar-refractivity contribution in [1.29, 1.82) is 0 Å². The Hall–Kier alpha value is -1.30. The monoisotopic (exact) mass is 272 g/mol. The maximum Gasteiger partial charge on any atom is 0.323 e. The van der Waals surface area contributed by atoms with Crippen molar-refractivity contribution in [1.82, 2.24) is 9.80 Å². The first kappa shape index (κ1) is 15.8. The maximum atomic E-state index is 12.3. The molecule has 6 heteroatoms. The predicted octanol–water partition coefficient (Wildman–Crippen LogP) is 0.852. The standard InChI is InChI=1S/C13H24N2O4/c1-9(2)6-15(8-12(17)18)13(19)14-5-4-11(7-14)10(3)16/h9-11,16H,4-8H2,1-3H3,(H,17,18). The van der Waals surface area contributed by atoms with Gasteiger partial charge in [0.25, 0.3) is 0 Å². The van der Waals surface area contributed by atoms with Crippen LogP contribution < -0.4 is 0 Å². The fourth-order valence-corrected chi connectivity index (χ4v) is 2.37. The zero-order valence-electron chi connectivity index (χ0n) is 11.9. The second kappa shape index (κ2) is 6.75. The Morgan fingerprint density at radius 2 is 2.00 bits per heavy atom. The van der Waals surface area contributed by atoms with E-state index in [1.807, 2.05) is 13.8 Å². The summed E-state index contributed by atoms with van der Waals surface area (Å²) in [5.74, 6) is -0.687. The van der Waals surface area contributed by atoms with Crippen molar-refractivity contribution >= 4 is 12.0 Å². The van der Waals surface area contributed by atoms with Crippen LogP contribution in [0.1, 0.15) is 27.2 Å². The highest BCUT2D eigenvalue weighted by atomic mass is 16.4. The number of rotatable bonds is 5. The maximum absolute atomic E-state index is 12.3. The summed E-state index contributed by atoms with van der Waals surface area (Å²) in [5, 5.41) is 18.4. The topological polar surface area (TPSA) is 81.1 Å². The fraction of sp³-hybridized carbons (Fsp3) is 0.846. The van der Waals surface area contributed by atoms with Crippen LogP contribution in [0, 0.1) is 11.8 Å². The summed E-state index contributed by atoms with van der Waals surface area (Å²) in [5.41, 5.74) is 0. The quantitative estimate of drug-likeness (QED) is 0.777. The number of aliphatic hydroxyl groups excluding tert-OH is 1. The molecule has 0 aromatic carbocycles. The first-order valence-corrected chi connectivity index (χ1v) is 6.75. The molecule has 110 valence electrons. The zero-order valence-corrected chi connectivity index (χ0v) is 11.9. The number of hydrogen-bond donors (Lipinski definition) is 2. The van der Waals surface area contributed by atoms with E-state index in [9.17, 15) is 14.7 Å². The molecule has 1 saturated heterocycles. The molecule has 1 fully saturated rings.